The predicted molar refractivity (Wildman–Crippen MR) is 144 cm³/mol. The van der Waals surface area contributed by atoms with E-state index in [9.17, 15) is 35.5 Å². The van der Waals surface area contributed by atoms with E-state index in [1.807, 2.05) is 0 Å². The Morgan fingerprint density at radius 3 is 2.48 bits per heavy atom. The normalized spacial score (nSPS) is 14.8. The van der Waals surface area contributed by atoms with Gasteiger partial charge in [-0.2, -0.15) is 27.1 Å². The van der Waals surface area contributed by atoms with Gasteiger partial charge in [-0.1, -0.05) is 0 Å². The van der Waals surface area contributed by atoms with Crippen LogP contribution in [0.15, 0.2) is 42.6 Å². The van der Waals surface area contributed by atoms with Crippen molar-refractivity contribution in [2.24, 2.45) is 7.05 Å². The van der Waals surface area contributed by atoms with Gasteiger partial charge in [0.1, 0.15) is 29.4 Å². The van der Waals surface area contributed by atoms with Crippen molar-refractivity contribution in [2.75, 3.05) is 5.73 Å². The summed E-state index contributed by atoms with van der Waals surface area (Å²) in [6.45, 7) is 0.737. The average Bonchev–Trinajstić information content (AvgIpc) is 3.44. The van der Waals surface area contributed by atoms with Crippen molar-refractivity contribution in [1.29, 1.82) is 5.41 Å². The monoisotopic (exact) mass is 621 g/mol. The van der Waals surface area contributed by atoms with Gasteiger partial charge in [0.05, 0.1) is 23.6 Å². The summed E-state index contributed by atoms with van der Waals surface area (Å²) in [6, 6.07) is 6.27. The lowest BCUT2D eigenvalue weighted by Crippen LogP contribution is -2.35. The molecule has 3 aromatic heterocycles. The maximum absolute atomic E-state index is 14.6. The Balaban J connectivity index is 1.58. The van der Waals surface area contributed by atoms with Crippen LogP contribution in [-0.2, 0) is 43.3 Å². The highest BCUT2D eigenvalue weighted by Crippen LogP contribution is 2.46. The fraction of sp³-hybridized carbons (Fsp3) is 0.310. The lowest BCUT2D eigenvalue weighted by atomic mass is 9.94. The first kappa shape index (κ1) is 30.8. The third-order valence-electron chi connectivity index (χ3n) is 7.57. The number of nitrogens with one attached hydrogen (secondary N) is 2. The number of alkyl halides is 5. The van der Waals surface area contributed by atoms with Crippen LogP contribution in [0.1, 0.15) is 46.4 Å². The van der Waals surface area contributed by atoms with Crippen LogP contribution in [0, 0.1) is 24.0 Å². The fourth-order valence-corrected chi connectivity index (χ4v) is 5.47. The van der Waals surface area contributed by atoms with Gasteiger partial charge < -0.3 is 15.6 Å². The van der Waals surface area contributed by atoms with Gasteiger partial charge >= 0.3 is 6.18 Å². The maximum Gasteiger partial charge on any atom is 0.435 e. The Hall–Kier alpha value is -4.69. The number of hydrogen-bond acceptors (Lipinski definition) is 5. The van der Waals surface area contributed by atoms with Crippen molar-refractivity contribution < 1.29 is 35.5 Å². The summed E-state index contributed by atoms with van der Waals surface area (Å²) in [4.78, 5) is 17.7. The standard InChI is InChI=1S/C29H26F7N7O/c1-14-19(3-4-23(38)42(14)2)21-11-18(37)12-39-25(21)22(9-15-7-16(30)10-17(31)8-15)40-24(44)13-43-27-20(5-6-28(27,32)33)26(41-43)29(34,35)36/h3-4,7-8,10-12,22,38H,5-6,9,13,37H2,1-2H3,(H,40,44). The van der Waals surface area contributed by atoms with Crippen molar-refractivity contribution in [3.63, 3.8) is 0 Å². The number of anilines is 1. The third kappa shape index (κ3) is 5.90. The number of aromatic nitrogens is 4. The summed E-state index contributed by atoms with van der Waals surface area (Å²) in [5, 5.41) is 14.0. The van der Waals surface area contributed by atoms with E-state index in [0.717, 1.165) is 12.1 Å². The number of nitrogens with zero attached hydrogens (tertiary/aromatic N) is 4. The predicted octanol–water partition coefficient (Wildman–Crippen LogP) is 5.09. The molecule has 5 rings (SSSR count). The topological polar surface area (TPSA) is 115 Å². The molecule has 15 heteroatoms. The fourth-order valence-electron chi connectivity index (χ4n) is 5.47. The van der Waals surface area contributed by atoms with Crippen LogP contribution in [0.5, 0.6) is 0 Å². The number of nitrogens with two attached hydrogens (primary N) is 1. The highest BCUT2D eigenvalue weighted by Gasteiger charge is 2.50. The van der Waals surface area contributed by atoms with E-state index in [1.54, 1.807) is 30.7 Å². The average molecular weight is 622 g/mol. The first-order valence-corrected chi connectivity index (χ1v) is 13.3. The number of fused-ring (bicyclic) bond motifs is 1. The minimum Gasteiger partial charge on any atom is -0.397 e. The SMILES string of the molecule is Cc1c(-c2cc(N)cnc2C(Cc2cc(F)cc(F)c2)NC(=O)Cn2nc(C(F)(F)F)c3c2C(F)(F)CC3)ccc(=N)n1C. The van der Waals surface area contributed by atoms with E-state index in [2.05, 4.69) is 15.4 Å². The van der Waals surface area contributed by atoms with Crippen molar-refractivity contribution in [3.05, 3.63) is 93.6 Å². The number of halogens is 7. The molecule has 232 valence electrons. The Kier molecular flexibility index (Phi) is 7.76. The van der Waals surface area contributed by atoms with E-state index in [-0.39, 0.29) is 28.9 Å². The number of carbonyl (C=O) groups excluding carboxylic acids is 1. The molecule has 0 saturated carbocycles. The van der Waals surface area contributed by atoms with Crippen LogP contribution in [-0.4, -0.2) is 25.2 Å². The maximum atomic E-state index is 14.6. The summed E-state index contributed by atoms with van der Waals surface area (Å²) >= 11 is 0. The van der Waals surface area contributed by atoms with Crippen molar-refractivity contribution >= 4 is 11.6 Å². The quantitative estimate of drug-likeness (QED) is 0.250. The number of hydrogen-bond donors (Lipinski definition) is 3. The zero-order chi connectivity index (χ0) is 32.1. The molecule has 0 saturated heterocycles. The molecular weight excluding hydrogens is 595 g/mol. The van der Waals surface area contributed by atoms with Crippen molar-refractivity contribution in [1.82, 2.24) is 24.6 Å². The molecule has 4 aromatic rings. The van der Waals surface area contributed by atoms with Gasteiger partial charge in [-0.3, -0.25) is 19.9 Å². The van der Waals surface area contributed by atoms with Gasteiger partial charge in [-0.15, -0.1) is 0 Å². The molecule has 8 nitrogen and oxygen atoms in total. The molecule has 0 spiro atoms. The second kappa shape index (κ2) is 11.1. The molecule has 44 heavy (non-hydrogen) atoms. The third-order valence-corrected chi connectivity index (χ3v) is 7.57. The molecule has 1 atom stereocenters. The van der Waals surface area contributed by atoms with E-state index >= 15 is 0 Å². The molecule has 0 fully saturated rings. The number of rotatable bonds is 7. The lowest BCUT2D eigenvalue weighted by Gasteiger charge is -2.23. The molecule has 1 unspecified atom stereocenters. The zero-order valence-electron chi connectivity index (χ0n) is 23.4. The zero-order valence-corrected chi connectivity index (χ0v) is 23.4. The van der Waals surface area contributed by atoms with E-state index in [1.165, 1.54) is 12.3 Å². The summed E-state index contributed by atoms with van der Waals surface area (Å²) in [5.41, 5.74) is 5.17. The number of benzene rings is 1. The Labute approximate surface area is 245 Å². The van der Waals surface area contributed by atoms with Gasteiger partial charge in [-0.05, 0) is 55.7 Å². The lowest BCUT2D eigenvalue weighted by molar-refractivity contribution is -0.142. The molecule has 1 amide bonds. The Bertz CT molecular complexity index is 1810. The van der Waals surface area contributed by atoms with Gasteiger partial charge in [-0.25, -0.2) is 8.78 Å². The van der Waals surface area contributed by atoms with Gasteiger partial charge in [0.25, 0.3) is 5.92 Å². The van der Waals surface area contributed by atoms with Crippen LogP contribution < -0.4 is 16.5 Å². The number of pyridine rings is 2. The van der Waals surface area contributed by atoms with E-state index < -0.39 is 72.0 Å². The van der Waals surface area contributed by atoms with Crippen LogP contribution >= 0.6 is 0 Å². The first-order valence-electron chi connectivity index (χ1n) is 13.3. The molecule has 3 heterocycles. The summed E-state index contributed by atoms with van der Waals surface area (Å²) in [6.07, 6.45) is -5.38. The van der Waals surface area contributed by atoms with Crippen LogP contribution in [0.25, 0.3) is 11.1 Å². The summed E-state index contributed by atoms with van der Waals surface area (Å²) in [5.74, 6) is -6.41. The minimum absolute atomic E-state index is 0.104. The molecule has 1 aliphatic rings. The second-order valence-electron chi connectivity index (χ2n) is 10.6. The minimum atomic E-state index is -5.01. The summed E-state index contributed by atoms with van der Waals surface area (Å²) < 4.78 is 100. The molecule has 0 radical (unpaired) electrons. The molecule has 1 aromatic carbocycles. The largest absolute Gasteiger partial charge is 0.435 e. The number of amides is 1. The highest BCUT2D eigenvalue weighted by atomic mass is 19.4. The van der Waals surface area contributed by atoms with Gasteiger partial charge in [0.2, 0.25) is 5.91 Å². The Morgan fingerprint density at radius 2 is 1.82 bits per heavy atom. The first-order chi connectivity index (χ1) is 20.5. The van der Waals surface area contributed by atoms with E-state index in [0.29, 0.717) is 27.6 Å². The van der Waals surface area contributed by atoms with E-state index in [4.69, 9.17) is 11.1 Å². The molecule has 4 N–H and O–H groups in total. The van der Waals surface area contributed by atoms with Crippen LogP contribution in [0.2, 0.25) is 0 Å². The Morgan fingerprint density at radius 1 is 1.14 bits per heavy atom. The number of nitrogen functional groups attached to an aromatic ring is 1. The van der Waals surface area contributed by atoms with Crippen LogP contribution in [0.3, 0.4) is 0 Å². The molecule has 0 bridgehead atoms. The van der Waals surface area contributed by atoms with Crippen molar-refractivity contribution in [2.45, 2.75) is 50.9 Å². The second-order valence-corrected chi connectivity index (χ2v) is 10.6. The summed E-state index contributed by atoms with van der Waals surface area (Å²) in [7, 11) is 1.66. The smallest absolute Gasteiger partial charge is 0.397 e. The van der Waals surface area contributed by atoms with Gasteiger partial charge in [0.15, 0.2) is 5.69 Å². The molecule has 0 aliphatic heterocycles. The molecule has 1 aliphatic carbocycles. The van der Waals surface area contributed by atoms with Crippen LogP contribution in [0.4, 0.5) is 36.4 Å². The van der Waals surface area contributed by atoms with Crippen molar-refractivity contribution in [3.8, 4) is 11.1 Å². The molecular formula is C29H26F7N7O. The van der Waals surface area contributed by atoms with Gasteiger partial charge in [0, 0.05) is 41.9 Å². The highest BCUT2D eigenvalue weighted by molar-refractivity contribution is 5.78. The number of carbonyl (C=O) groups is 1.